The van der Waals surface area contributed by atoms with Gasteiger partial charge in [-0.1, -0.05) is 17.7 Å². The van der Waals surface area contributed by atoms with Gasteiger partial charge in [-0.25, -0.2) is 0 Å². The highest BCUT2D eigenvalue weighted by molar-refractivity contribution is 6.32. The van der Waals surface area contributed by atoms with Crippen LogP contribution < -0.4 is 10.5 Å². The first-order valence-electron chi connectivity index (χ1n) is 5.01. The smallest absolute Gasteiger partial charge is 0.422 e. The summed E-state index contributed by atoms with van der Waals surface area (Å²) in [5.74, 6) is 0.0254. The second-order valence-corrected chi connectivity index (χ2v) is 4.26. The number of benzene rings is 1. The molecule has 0 radical (unpaired) electrons. The minimum Gasteiger partial charge on any atom is -0.483 e. The topological polar surface area (TPSA) is 35.2 Å². The lowest BCUT2D eigenvalue weighted by atomic mass is 10.1. The summed E-state index contributed by atoms with van der Waals surface area (Å²) in [5, 5.41) is 0.160. The van der Waals surface area contributed by atoms with E-state index in [9.17, 15) is 13.2 Å². The van der Waals surface area contributed by atoms with Crippen LogP contribution in [0.25, 0.3) is 0 Å². The maximum absolute atomic E-state index is 11.9. The molecule has 0 fully saturated rings. The van der Waals surface area contributed by atoms with Gasteiger partial charge in [-0.15, -0.1) is 0 Å². The van der Waals surface area contributed by atoms with E-state index in [1.165, 1.54) is 6.07 Å². The van der Waals surface area contributed by atoms with E-state index in [0.29, 0.717) is 6.42 Å². The van der Waals surface area contributed by atoms with Gasteiger partial charge in [-0.2, -0.15) is 13.2 Å². The molecule has 0 saturated heterocycles. The molecule has 2 nitrogen and oxygen atoms in total. The van der Waals surface area contributed by atoms with E-state index >= 15 is 0 Å². The van der Waals surface area contributed by atoms with Crippen molar-refractivity contribution in [3.8, 4) is 5.75 Å². The van der Waals surface area contributed by atoms with Crippen molar-refractivity contribution in [1.29, 1.82) is 0 Å². The van der Waals surface area contributed by atoms with E-state index < -0.39 is 12.8 Å². The molecule has 0 aliphatic carbocycles. The molecule has 0 aliphatic rings. The van der Waals surface area contributed by atoms with Crippen molar-refractivity contribution >= 4 is 11.6 Å². The van der Waals surface area contributed by atoms with Crippen molar-refractivity contribution in [2.45, 2.75) is 25.6 Å². The van der Waals surface area contributed by atoms with E-state index in [4.69, 9.17) is 17.3 Å². The molecular weight excluding hydrogens is 255 g/mol. The Balaban J connectivity index is 2.69. The van der Waals surface area contributed by atoms with Gasteiger partial charge in [-0.05, 0) is 31.0 Å². The molecule has 1 unspecified atom stereocenters. The Labute approximate surface area is 103 Å². The maximum atomic E-state index is 11.9. The summed E-state index contributed by atoms with van der Waals surface area (Å²) in [4.78, 5) is 0. The molecule has 1 aromatic carbocycles. The first kappa shape index (κ1) is 14.1. The van der Waals surface area contributed by atoms with Crippen LogP contribution in [0, 0.1) is 0 Å². The van der Waals surface area contributed by atoms with Crippen LogP contribution in [0.3, 0.4) is 0 Å². The number of halogens is 4. The third-order valence-electron chi connectivity index (χ3n) is 1.95. The first-order valence-corrected chi connectivity index (χ1v) is 5.39. The highest BCUT2D eigenvalue weighted by Gasteiger charge is 2.28. The summed E-state index contributed by atoms with van der Waals surface area (Å²) in [5.41, 5.74) is 6.47. The zero-order chi connectivity index (χ0) is 13.1. The van der Waals surface area contributed by atoms with Gasteiger partial charge in [-0.3, -0.25) is 0 Å². The third-order valence-corrected chi connectivity index (χ3v) is 2.24. The van der Waals surface area contributed by atoms with Crippen molar-refractivity contribution in [2.24, 2.45) is 5.73 Å². The van der Waals surface area contributed by atoms with Crippen molar-refractivity contribution in [3.05, 3.63) is 28.8 Å². The van der Waals surface area contributed by atoms with Gasteiger partial charge < -0.3 is 10.5 Å². The SMILES string of the molecule is CC(N)Cc1ccc(OCC(F)(F)F)c(Cl)c1. The Kier molecular flexibility index (Phi) is 4.65. The number of nitrogens with two attached hydrogens (primary N) is 1. The number of hydrogen-bond donors (Lipinski definition) is 1. The fourth-order valence-corrected chi connectivity index (χ4v) is 1.58. The number of alkyl halides is 3. The lowest BCUT2D eigenvalue weighted by molar-refractivity contribution is -0.153. The summed E-state index contributed by atoms with van der Waals surface area (Å²) >= 11 is 5.81. The van der Waals surface area contributed by atoms with Crippen LogP contribution in [0.1, 0.15) is 12.5 Å². The predicted molar refractivity (Wildman–Crippen MR) is 60.4 cm³/mol. The van der Waals surface area contributed by atoms with Gasteiger partial charge in [0.05, 0.1) is 5.02 Å². The van der Waals surface area contributed by atoms with E-state index in [-0.39, 0.29) is 16.8 Å². The van der Waals surface area contributed by atoms with Crippen molar-refractivity contribution in [3.63, 3.8) is 0 Å². The van der Waals surface area contributed by atoms with Gasteiger partial charge in [0, 0.05) is 6.04 Å². The summed E-state index contributed by atoms with van der Waals surface area (Å²) in [7, 11) is 0. The second-order valence-electron chi connectivity index (χ2n) is 3.85. The Morgan fingerprint density at radius 1 is 1.41 bits per heavy atom. The van der Waals surface area contributed by atoms with Crippen LogP contribution in [0.5, 0.6) is 5.75 Å². The summed E-state index contributed by atoms with van der Waals surface area (Å²) in [6, 6.07) is 4.61. The standard InChI is InChI=1S/C11H13ClF3NO/c1-7(16)4-8-2-3-10(9(12)5-8)17-6-11(13,14)15/h2-3,5,7H,4,6,16H2,1H3. The van der Waals surface area contributed by atoms with Gasteiger partial charge in [0.1, 0.15) is 5.75 Å². The quantitative estimate of drug-likeness (QED) is 0.909. The minimum atomic E-state index is -4.37. The van der Waals surface area contributed by atoms with Gasteiger partial charge in [0.2, 0.25) is 0 Å². The van der Waals surface area contributed by atoms with Crippen molar-refractivity contribution < 1.29 is 17.9 Å². The summed E-state index contributed by atoms with van der Waals surface area (Å²) < 4.78 is 40.4. The number of rotatable bonds is 4. The highest BCUT2D eigenvalue weighted by atomic mass is 35.5. The molecular formula is C11H13ClF3NO. The molecule has 2 N–H and O–H groups in total. The van der Waals surface area contributed by atoms with Crippen LogP contribution in [0.4, 0.5) is 13.2 Å². The minimum absolute atomic E-state index is 0.0254. The Morgan fingerprint density at radius 3 is 2.53 bits per heavy atom. The molecule has 6 heteroatoms. The van der Waals surface area contributed by atoms with E-state index in [1.807, 2.05) is 6.92 Å². The third kappa shape index (κ3) is 5.28. The van der Waals surface area contributed by atoms with Crippen LogP contribution >= 0.6 is 11.6 Å². The molecule has 1 aromatic rings. The van der Waals surface area contributed by atoms with E-state index in [2.05, 4.69) is 4.74 Å². The first-order chi connectivity index (χ1) is 7.78. The molecule has 0 bridgehead atoms. The normalized spacial score (nSPS) is 13.5. The van der Waals surface area contributed by atoms with Crippen molar-refractivity contribution in [1.82, 2.24) is 0 Å². The second kappa shape index (κ2) is 5.60. The van der Waals surface area contributed by atoms with E-state index in [0.717, 1.165) is 5.56 Å². The zero-order valence-corrected chi connectivity index (χ0v) is 9.98. The zero-order valence-electron chi connectivity index (χ0n) is 9.22. The fraction of sp³-hybridized carbons (Fsp3) is 0.455. The number of ether oxygens (including phenoxy) is 1. The Hall–Kier alpha value is -0.940. The molecule has 1 rings (SSSR count). The maximum Gasteiger partial charge on any atom is 0.422 e. The van der Waals surface area contributed by atoms with Crippen molar-refractivity contribution in [2.75, 3.05) is 6.61 Å². The lowest BCUT2D eigenvalue weighted by Gasteiger charge is -2.12. The predicted octanol–water partition coefficient (Wildman–Crippen LogP) is 3.17. The molecule has 1 atom stereocenters. The van der Waals surface area contributed by atoms with Gasteiger partial charge in [0.25, 0.3) is 0 Å². The largest absolute Gasteiger partial charge is 0.483 e. The van der Waals surface area contributed by atoms with Crippen LogP contribution in [-0.4, -0.2) is 18.8 Å². The molecule has 0 saturated carbocycles. The number of hydrogen-bond acceptors (Lipinski definition) is 2. The molecule has 0 aromatic heterocycles. The average Bonchev–Trinajstić information content (AvgIpc) is 2.13. The molecule has 96 valence electrons. The molecule has 0 aliphatic heterocycles. The van der Waals surface area contributed by atoms with Crippen LogP contribution in [0.2, 0.25) is 5.02 Å². The van der Waals surface area contributed by atoms with Gasteiger partial charge in [0.15, 0.2) is 6.61 Å². The Morgan fingerprint density at radius 2 is 2.06 bits per heavy atom. The van der Waals surface area contributed by atoms with E-state index in [1.54, 1.807) is 12.1 Å². The monoisotopic (exact) mass is 267 g/mol. The summed E-state index contributed by atoms with van der Waals surface area (Å²) in [6.07, 6.45) is -3.76. The van der Waals surface area contributed by atoms with Gasteiger partial charge >= 0.3 is 6.18 Å². The highest BCUT2D eigenvalue weighted by Crippen LogP contribution is 2.27. The summed E-state index contributed by atoms with van der Waals surface area (Å²) in [6.45, 7) is 0.487. The lowest BCUT2D eigenvalue weighted by Crippen LogP contribution is -2.19. The van der Waals surface area contributed by atoms with Crippen LogP contribution in [0.15, 0.2) is 18.2 Å². The average molecular weight is 268 g/mol. The molecule has 0 spiro atoms. The fourth-order valence-electron chi connectivity index (χ4n) is 1.32. The molecule has 0 amide bonds. The molecule has 17 heavy (non-hydrogen) atoms. The molecule has 0 heterocycles. The van der Waals surface area contributed by atoms with Crippen LogP contribution in [-0.2, 0) is 6.42 Å². The Bertz CT molecular complexity index is 379.